The monoisotopic (exact) mass is 263 g/mol. The maximum absolute atomic E-state index is 5.81. The number of methoxy groups -OCH3 is 1. The first kappa shape index (κ1) is 14.4. The molecule has 1 heterocycles. The Balaban J connectivity index is 1.95. The van der Waals surface area contributed by atoms with Crippen LogP contribution in [0.15, 0.2) is 24.3 Å². The predicted octanol–water partition coefficient (Wildman–Crippen LogP) is 3.31. The van der Waals surface area contributed by atoms with Crippen LogP contribution in [-0.4, -0.2) is 26.9 Å². The van der Waals surface area contributed by atoms with Gasteiger partial charge in [0, 0.05) is 18.2 Å². The van der Waals surface area contributed by atoms with Crippen LogP contribution in [0.5, 0.6) is 5.75 Å². The van der Waals surface area contributed by atoms with Gasteiger partial charge in [-0.25, -0.2) is 0 Å². The fraction of sp³-hybridized carbons (Fsp3) is 0.625. The Bertz CT molecular complexity index is 375. The minimum Gasteiger partial charge on any atom is -0.496 e. The maximum Gasteiger partial charge on any atom is 0.123 e. The highest BCUT2D eigenvalue weighted by molar-refractivity contribution is 5.35. The average Bonchev–Trinajstić information content (AvgIpc) is 2.49. The van der Waals surface area contributed by atoms with Crippen molar-refractivity contribution in [1.82, 2.24) is 5.32 Å². The van der Waals surface area contributed by atoms with E-state index in [0.29, 0.717) is 12.1 Å². The third-order valence-corrected chi connectivity index (χ3v) is 3.91. The fourth-order valence-electron chi connectivity index (χ4n) is 2.80. The molecule has 0 radical (unpaired) electrons. The van der Waals surface area contributed by atoms with Crippen LogP contribution in [0.1, 0.15) is 43.7 Å². The second kappa shape index (κ2) is 7.51. The third kappa shape index (κ3) is 3.95. The van der Waals surface area contributed by atoms with E-state index in [9.17, 15) is 0 Å². The summed E-state index contributed by atoms with van der Waals surface area (Å²) in [5.74, 6) is 0.964. The van der Waals surface area contributed by atoms with E-state index in [1.165, 1.54) is 24.8 Å². The molecular formula is C16H25NO2. The van der Waals surface area contributed by atoms with E-state index in [1.807, 2.05) is 19.2 Å². The summed E-state index contributed by atoms with van der Waals surface area (Å²) in [7, 11) is 3.74. The van der Waals surface area contributed by atoms with Gasteiger partial charge in [0.2, 0.25) is 0 Å². The van der Waals surface area contributed by atoms with E-state index < -0.39 is 0 Å². The van der Waals surface area contributed by atoms with Crippen molar-refractivity contribution in [3.63, 3.8) is 0 Å². The summed E-state index contributed by atoms with van der Waals surface area (Å²) in [5, 5.41) is 3.40. The second-order valence-electron chi connectivity index (χ2n) is 5.15. The minimum atomic E-state index is 0.335. The van der Waals surface area contributed by atoms with Crippen LogP contribution in [0.2, 0.25) is 0 Å². The van der Waals surface area contributed by atoms with Gasteiger partial charge in [-0.1, -0.05) is 18.2 Å². The zero-order chi connectivity index (χ0) is 13.5. The van der Waals surface area contributed by atoms with E-state index in [-0.39, 0.29) is 0 Å². The molecule has 0 bridgehead atoms. The Kier molecular flexibility index (Phi) is 5.67. The minimum absolute atomic E-state index is 0.335. The summed E-state index contributed by atoms with van der Waals surface area (Å²) < 4.78 is 11.3. The highest BCUT2D eigenvalue weighted by Gasteiger charge is 2.18. The Labute approximate surface area is 116 Å². The topological polar surface area (TPSA) is 30.5 Å². The molecule has 1 aromatic carbocycles. The Morgan fingerprint density at radius 1 is 1.37 bits per heavy atom. The standard InChI is InChI=1S/C16H25NO2/c1-17-15(11-10-13-7-5-6-12-19-13)14-8-3-4-9-16(14)18-2/h3-4,8-9,13,15,17H,5-7,10-12H2,1-2H3. The van der Waals surface area contributed by atoms with Gasteiger partial charge in [-0.15, -0.1) is 0 Å². The second-order valence-corrected chi connectivity index (χ2v) is 5.15. The SMILES string of the molecule is CNC(CCC1CCCCO1)c1ccccc1OC. The van der Waals surface area contributed by atoms with Crippen LogP contribution in [0.25, 0.3) is 0 Å². The number of hydrogen-bond acceptors (Lipinski definition) is 3. The highest BCUT2D eigenvalue weighted by Crippen LogP contribution is 2.29. The van der Waals surface area contributed by atoms with Gasteiger partial charge in [0.25, 0.3) is 0 Å². The van der Waals surface area contributed by atoms with Crippen molar-refractivity contribution >= 4 is 0 Å². The van der Waals surface area contributed by atoms with Gasteiger partial charge >= 0.3 is 0 Å². The van der Waals surface area contributed by atoms with Gasteiger partial charge in [0.15, 0.2) is 0 Å². The van der Waals surface area contributed by atoms with Crippen molar-refractivity contribution in [2.45, 2.75) is 44.2 Å². The zero-order valence-corrected chi connectivity index (χ0v) is 12.0. The molecule has 3 nitrogen and oxygen atoms in total. The van der Waals surface area contributed by atoms with Crippen molar-refractivity contribution < 1.29 is 9.47 Å². The number of nitrogens with one attached hydrogen (secondary N) is 1. The molecule has 1 N–H and O–H groups in total. The molecule has 1 aliphatic heterocycles. The van der Waals surface area contributed by atoms with E-state index in [1.54, 1.807) is 7.11 Å². The van der Waals surface area contributed by atoms with Crippen LogP contribution < -0.4 is 10.1 Å². The first-order chi connectivity index (χ1) is 9.35. The Morgan fingerprint density at radius 2 is 2.21 bits per heavy atom. The van der Waals surface area contributed by atoms with Crippen LogP contribution in [0, 0.1) is 0 Å². The molecule has 3 heteroatoms. The van der Waals surface area contributed by atoms with E-state index >= 15 is 0 Å². The molecule has 2 atom stereocenters. The van der Waals surface area contributed by atoms with E-state index in [0.717, 1.165) is 25.2 Å². The largest absolute Gasteiger partial charge is 0.496 e. The van der Waals surface area contributed by atoms with Gasteiger partial charge < -0.3 is 14.8 Å². The third-order valence-electron chi connectivity index (χ3n) is 3.91. The normalized spacial score (nSPS) is 21.1. The van der Waals surface area contributed by atoms with Gasteiger partial charge in [0.05, 0.1) is 13.2 Å². The summed E-state index contributed by atoms with van der Waals surface area (Å²) in [6.45, 7) is 0.934. The van der Waals surface area contributed by atoms with Gasteiger partial charge in [-0.2, -0.15) is 0 Å². The van der Waals surface area contributed by atoms with Gasteiger partial charge in [-0.05, 0) is 45.2 Å². The van der Waals surface area contributed by atoms with Crippen molar-refractivity contribution in [2.75, 3.05) is 20.8 Å². The van der Waals surface area contributed by atoms with Crippen LogP contribution in [-0.2, 0) is 4.74 Å². The quantitative estimate of drug-likeness (QED) is 0.854. The van der Waals surface area contributed by atoms with Crippen molar-refractivity contribution in [2.24, 2.45) is 0 Å². The molecule has 0 aliphatic carbocycles. The van der Waals surface area contributed by atoms with Gasteiger partial charge in [-0.3, -0.25) is 0 Å². The van der Waals surface area contributed by atoms with Crippen molar-refractivity contribution in [1.29, 1.82) is 0 Å². The summed E-state index contributed by atoms with van der Waals surface area (Å²) in [6.07, 6.45) is 6.38. The number of ether oxygens (including phenoxy) is 2. The number of rotatable bonds is 6. The molecule has 2 unspecified atom stereocenters. The number of benzene rings is 1. The maximum atomic E-state index is 5.81. The lowest BCUT2D eigenvalue weighted by molar-refractivity contribution is 0.00862. The predicted molar refractivity (Wildman–Crippen MR) is 77.6 cm³/mol. The average molecular weight is 263 g/mol. The smallest absolute Gasteiger partial charge is 0.123 e. The fourth-order valence-corrected chi connectivity index (χ4v) is 2.80. The molecule has 0 saturated carbocycles. The molecule has 0 spiro atoms. The molecule has 19 heavy (non-hydrogen) atoms. The lowest BCUT2D eigenvalue weighted by Gasteiger charge is -2.25. The van der Waals surface area contributed by atoms with Gasteiger partial charge in [0.1, 0.15) is 5.75 Å². The van der Waals surface area contributed by atoms with E-state index in [2.05, 4.69) is 17.4 Å². The first-order valence-electron chi connectivity index (χ1n) is 7.27. The molecule has 1 saturated heterocycles. The van der Waals surface area contributed by atoms with Crippen molar-refractivity contribution in [3.05, 3.63) is 29.8 Å². The number of hydrogen-bond donors (Lipinski definition) is 1. The lowest BCUT2D eigenvalue weighted by Crippen LogP contribution is -2.23. The van der Waals surface area contributed by atoms with Crippen LogP contribution >= 0.6 is 0 Å². The molecule has 1 fully saturated rings. The molecule has 106 valence electrons. The first-order valence-corrected chi connectivity index (χ1v) is 7.27. The molecule has 2 rings (SSSR count). The highest BCUT2D eigenvalue weighted by atomic mass is 16.5. The molecule has 0 amide bonds. The molecule has 0 aromatic heterocycles. The Morgan fingerprint density at radius 3 is 2.89 bits per heavy atom. The Hall–Kier alpha value is -1.06. The molecule has 1 aromatic rings. The van der Waals surface area contributed by atoms with E-state index in [4.69, 9.17) is 9.47 Å². The molecule has 1 aliphatic rings. The van der Waals surface area contributed by atoms with Crippen LogP contribution in [0.4, 0.5) is 0 Å². The lowest BCUT2D eigenvalue weighted by atomic mass is 9.97. The summed E-state index contributed by atoms with van der Waals surface area (Å²) in [5.41, 5.74) is 1.24. The summed E-state index contributed by atoms with van der Waals surface area (Å²) >= 11 is 0. The summed E-state index contributed by atoms with van der Waals surface area (Å²) in [6, 6.07) is 8.58. The van der Waals surface area contributed by atoms with Crippen molar-refractivity contribution in [3.8, 4) is 5.75 Å². The van der Waals surface area contributed by atoms with Crippen LogP contribution in [0.3, 0.4) is 0 Å². The zero-order valence-electron chi connectivity index (χ0n) is 12.0. The molecular weight excluding hydrogens is 238 g/mol. The summed E-state index contributed by atoms with van der Waals surface area (Å²) in [4.78, 5) is 0. The number of para-hydroxylation sites is 1.